The van der Waals surface area contributed by atoms with Crippen LogP contribution in [-0.2, 0) is 9.31 Å². The van der Waals surface area contributed by atoms with Crippen molar-refractivity contribution in [2.75, 3.05) is 6.79 Å². The third-order valence-corrected chi connectivity index (χ3v) is 4.53. The van der Waals surface area contributed by atoms with E-state index in [0.29, 0.717) is 11.5 Å². The molecule has 3 rings (SSSR count). The summed E-state index contributed by atoms with van der Waals surface area (Å²) < 4.78 is 36.6. The van der Waals surface area contributed by atoms with Crippen LogP contribution in [0.3, 0.4) is 0 Å². The van der Waals surface area contributed by atoms with E-state index in [1.165, 1.54) is 6.08 Å². The van der Waals surface area contributed by atoms with E-state index < -0.39 is 24.0 Å². The van der Waals surface area contributed by atoms with Gasteiger partial charge in [0.2, 0.25) is 6.79 Å². The smallest absolute Gasteiger partial charge is 0.454 e. The molecule has 4 nitrogen and oxygen atoms in total. The largest absolute Gasteiger partial charge is 0.525 e. The molecule has 22 heavy (non-hydrogen) atoms. The Morgan fingerprint density at radius 2 is 1.64 bits per heavy atom. The van der Waals surface area contributed by atoms with Gasteiger partial charge in [0.15, 0.2) is 11.5 Å². The molecule has 1 aromatic carbocycles. The first kappa shape index (κ1) is 15.4. The van der Waals surface area contributed by atoms with Gasteiger partial charge in [0.1, 0.15) is 5.73 Å². The Bertz CT molecular complexity index is 623. The van der Waals surface area contributed by atoms with Gasteiger partial charge in [0.25, 0.3) is 0 Å². The van der Waals surface area contributed by atoms with E-state index in [4.69, 9.17) is 18.8 Å². The van der Waals surface area contributed by atoms with E-state index >= 15 is 0 Å². The highest BCUT2D eigenvalue weighted by atomic mass is 19.1. The summed E-state index contributed by atoms with van der Waals surface area (Å²) in [6.45, 7) is 9.67. The quantitative estimate of drug-likeness (QED) is 0.781. The van der Waals surface area contributed by atoms with Gasteiger partial charge in [-0.25, -0.2) is 4.39 Å². The van der Waals surface area contributed by atoms with E-state index in [9.17, 15) is 4.39 Å². The molecular weight excluding hydrogens is 286 g/mol. The average molecular weight is 306 g/mol. The third-order valence-electron chi connectivity index (χ3n) is 4.53. The SMILES string of the molecule is Cc1cc2c(cc1C=C(F)B1OC(C)(C)C(C)(C)O1)OCO2. The van der Waals surface area contributed by atoms with Crippen molar-refractivity contribution in [1.82, 2.24) is 0 Å². The third kappa shape index (κ3) is 2.50. The number of benzene rings is 1. The highest BCUT2D eigenvalue weighted by Crippen LogP contribution is 2.40. The lowest BCUT2D eigenvalue weighted by atomic mass is 9.86. The summed E-state index contributed by atoms with van der Waals surface area (Å²) in [6, 6.07) is 3.61. The first-order chi connectivity index (χ1) is 10.2. The lowest BCUT2D eigenvalue weighted by Crippen LogP contribution is -2.41. The molecule has 2 aliphatic rings. The number of hydrogen-bond donors (Lipinski definition) is 0. The molecule has 0 amide bonds. The van der Waals surface area contributed by atoms with Crippen molar-refractivity contribution in [2.24, 2.45) is 0 Å². The summed E-state index contributed by atoms with van der Waals surface area (Å²) >= 11 is 0. The first-order valence-corrected chi connectivity index (χ1v) is 7.32. The van der Waals surface area contributed by atoms with Crippen LogP contribution >= 0.6 is 0 Å². The molecule has 0 spiro atoms. The lowest BCUT2D eigenvalue weighted by Gasteiger charge is -2.32. The monoisotopic (exact) mass is 306 g/mol. The molecule has 1 aromatic rings. The second kappa shape index (κ2) is 5.00. The van der Waals surface area contributed by atoms with Crippen molar-refractivity contribution in [2.45, 2.75) is 45.8 Å². The molecule has 0 aliphatic carbocycles. The Hall–Kier alpha value is -1.53. The Kier molecular flexibility index (Phi) is 3.49. The van der Waals surface area contributed by atoms with Crippen LogP contribution in [0.4, 0.5) is 4.39 Å². The minimum atomic E-state index is -0.991. The van der Waals surface area contributed by atoms with Crippen LogP contribution in [0.2, 0.25) is 0 Å². The molecule has 0 bridgehead atoms. The first-order valence-electron chi connectivity index (χ1n) is 7.32. The number of fused-ring (bicyclic) bond motifs is 1. The van der Waals surface area contributed by atoms with Crippen molar-refractivity contribution in [3.8, 4) is 11.5 Å². The Labute approximate surface area is 130 Å². The Morgan fingerprint density at radius 3 is 2.23 bits per heavy atom. The van der Waals surface area contributed by atoms with Crippen LogP contribution in [0.15, 0.2) is 17.9 Å². The topological polar surface area (TPSA) is 36.9 Å². The van der Waals surface area contributed by atoms with Crippen LogP contribution in [0.25, 0.3) is 6.08 Å². The molecule has 0 N–H and O–H groups in total. The number of rotatable bonds is 2. The molecule has 0 saturated carbocycles. The zero-order chi connectivity index (χ0) is 16.1. The predicted octanol–water partition coefficient (Wildman–Crippen LogP) is 3.67. The fourth-order valence-corrected chi connectivity index (χ4v) is 2.39. The van der Waals surface area contributed by atoms with Gasteiger partial charge in [0, 0.05) is 0 Å². The van der Waals surface area contributed by atoms with Gasteiger partial charge in [0.05, 0.1) is 11.2 Å². The summed E-state index contributed by atoms with van der Waals surface area (Å²) in [7, 11) is -0.991. The van der Waals surface area contributed by atoms with Crippen LogP contribution < -0.4 is 9.47 Å². The molecule has 0 unspecified atom stereocenters. The second-order valence-corrected chi connectivity index (χ2v) is 6.68. The van der Waals surface area contributed by atoms with Gasteiger partial charge in [-0.05, 0) is 64.0 Å². The zero-order valence-corrected chi connectivity index (χ0v) is 13.5. The number of halogens is 1. The number of hydrogen-bond acceptors (Lipinski definition) is 4. The number of ether oxygens (including phenoxy) is 2. The maximum absolute atomic E-state index is 14.6. The van der Waals surface area contributed by atoms with Gasteiger partial charge in [-0.2, -0.15) is 0 Å². The number of aryl methyl sites for hydroxylation is 1. The van der Waals surface area contributed by atoms with E-state index in [0.717, 1.165) is 11.1 Å². The molecule has 118 valence electrons. The summed E-state index contributed by atoms with van der Waals surface area (Å²) in [5, 5.41) is 0. The molecular formula is C16H20BFO4. The zero-order valence-electron chi connectivity index (χ0n) is 13.5. The normalized spacial score (nSPS) is 22.3. The minimum Gasteiger partial charge on any atom is -0.454 e. The van der Waals surface area contributed by atoms with Crippen LogP contribution in [0.5, 0.6) is 11.5 Å². The fourth-order valence-electron chi connectivity index (χ4n) is 2.39. The Balaban J connectivity index is 1.87. The second-order valence-electron chi connectivity index (χ2n) is 6.68. The van der Waals surface area contributed by atoms with Gasteiger partial charge >= 0.3 is 7.12 Å². The molecule has 0 radical (unpaired) electrons. The van der Waals surface area contributed by atoms with Gasteiger partial charge in [-0.1, -0.05) is 0 Å². The fraction of sp³-hybridized carbons (Fsp3) is 0.500. The van der Waals surface area contributed by atoms with Crippen molar-refractivity contribution < 1.29 is 23.2 Å². The lowest BCUT2D eigenvalue weighted by molar-refractivity contribution is 0.00578. The summed E-state index contributed by atoms with van der Waals surface area (Å²) in [6.07, 6.45) is 1.43. The summed E-state index contributed by atoms with van der Waals surface area (Å²) in [5.41, 5.74) is 0.0347. The summed E-state index contributed by atoms with van der Waals surface area (Å²) in [4.78, 5) is 0. The van der Waals surface area contributed by atoms with E-state index in [1.807, 2.05) is 40.7 Å². The van der Waals surface area contributed by atoms with Crippen LogP contribution in [0, 0.1) is 6.92 Å². The molecule has 1 saturated heterocycles. The van der Waals surface area contributed by atoms with Crippen molar-refractivity contribution in [3.05, 3.63) is 29.0 Å². The molecule has 1 fully saturated rings. The maximum atomic E-state index is 14.6. The van der Waals surface area contributed by atoms with Gasteiger partial charge < -0.3 is 18.8 Å². The standard InChI is InChI=1S/C16H20BFO4/c1-10-6-12-13(20-9-19-12)7-11(10)8-14(18)17-21-15(2,3)16(4,5)22-17/h6-8H,9H2,1-5H3. The summed E-state index contributed by atoms with van der Waals surface area (Å²) in [5.74, 6) is 1.31. The molecule has 2 heterocycles. The van der Waals surface area contributed by atoms with Gasteiger partial charge in [-0.15, -0.1) is 0 Å². The van der Waals surface area contributed by atoms with Gasteiger partial charge in [-0.3, -0.25) is 0 Å². The predicted molar refractivity (Wildman–Crippen MR) is 82.5 cm³/mol. The molecule has 0 atom stereocenters. The minimum absolute atomic E-state index is 0.196. The molecule has 2 aliphatic heterocycles. The van der Waals surface area contributed by atoms with E-state index in [2.05, 4.69) is 0 Å². The highest BCUT2D eigenvalue weighted by molar-refractivity contribution is 6.54. The van der Waals surface area contributed by atoms with Crippen molar-refractivity contribution in [3.63, 3.8) is 0 Å². The Morgan fingerprint density at radius 1 is 1.09 bits per heavy atom. The maximum Gasteiger partial charge on any atom is 0.525 e. The average Bonchev–Trinajstić information content (AvgIpc) is 2.92. The molecule has 0 aromatic heterocycles. The molecule has 6 heteroatoms. The van der Waals surface area contributed by atoms with E-state index in [1.54, 1.807) is 6.07 Å². The van der Waals surface area contributed by atoms with Crippen LogP contribution in [0.1, 0.15) is 38.8 Å². The highest BCUT2D eigenvalue weighted by Gasteiger charge is 2.53. The van der Waals surface area contributed by atoms with E-state index in [-0.39, 0.29) is 6.79 Å². The van der Waals surface area contributed by atoms with Crippen molar-refractivity contribution >= 4 is 13.2 Å². The van der Waals surface area contributed by atoms with Crippen molar-refractivity contribution in [1.29, 1.82) is 0 Å². The van der Waals surface area contributed by atoms with Crippen LogP contribution in [-0.4, -0.2) is 25.1 Å².